The molecule has 1 N–H and O–H groups in total. The van der Waals surface area contributed by atoms with Gasteiger partial charge >= 0.3 is 0 Å². The number of hydrogen-bond acceptors (Lipinski definition) is 3. The molecule has 0 aliphatic heterocycles. The van der Waals surface area contributed by atoms with Crippen molar-refractivity contribution in [3.8, 4) is 11.3 Å². The largest absolute Gasteiger partial charge is 0.324 e. The lowest BCUT2D eigenvalue weighted by atomic mass is 10.0. The summed E-state index contributed by atoms with van der Waals surface area (Å²) < 4.78 is 0. The number of para-hydroxylation sites is 1. The van der Waals surface area contributed by atoms with Crippen LogP contribution >= 0.6 is 0 Å². The number of aryl methyl sites for hydroxylation is 2. The molecule has 0 fully saturated rings. The lowest BCUT2D eigenvalue weighted by molar-refractivity contribution is 1.17. The highest BCUT2D eigenvalue weighted by molar-refractivity contribution is 5.63. The van der Waals surface area contributed by atoms with E-state index in [0.717, 1.165) is 16.9 Å². The van der Waals surface area contributed by atoms with Gasteiger partial charge in [-0.3, -0.25) is 0 Å². The van der Waals surface area contributed by atoms with Crippen molar-refractivity contribution in [2.24, 2.45) is 0 Å². The molecule has 0 spiro atoms. The van der Waals surface area contributed by atoms with Crippen LogP contribution in [0.4, 0.5) is 11.6 Å². The summed E-state index contributed by atoms with van der Waals surface area (Å²) in [6, 6.07) is 18.2. The van der Waals surface area contributed by atoms with E-state index in [0.29, 0.717) is 5.95 Å². The Morgan fingerprint density at radius 2 is 1.67 bits per heavy atom. The third-order valence-corrected chi connectivity index (χ3v) is 3.49. The quantitative estimate of drug-likeness (QED) is 0.764. The van der Waals surface area contributed by atoms with E-state index in [2.05, 4.69) is 47.3 Å². The van der Waals surface area contributed by atoms with Crippen molar-refractivity contribution in [2.75, 3.05) is 5.32 Å². The number of nitrogens with zero attached hydrogens (tertiary/aromatic N) is 2. The zero-order chi connectivity index (χ0) is 14.7. The molecule has 0 saturated carbocycles. The zero-order valence-corrected chi connectivity index (χ0v) is 12.2. The second kappa shape index (κ2) is 5.75. The molecule has 0 radical (unpaired) electrons. The molecule has 0 aliphatic carbocycles. The molecular weight excluding hydrogens is 258 g/mol. The Balaban J connectivity index is 1.91. The van der Waals surface area contributed by atoms with Gasteiger partial charge < -0.3 is 5.32 Å². The SMILES string of the molecule is Cc1ccc(-c2ccnc(Nc3ccccc3)n2)cc1C. The van der Waals surface area contributed by atoms with E-state index in [1.54, 1.807) is 6.20 Å². The minimum Gasteiger partial charge on any atom is -0.324 e. The first-order chi connectivity index (χ1) is 10.2. The predicted molar refractivity (Wildman–Crippen MR) is 86.7 cm³/mol. The minimum atomic E-state index is 0.608. The van der Waals surface area contributed by atoms with E-state index in [-0.39, 0.29) is 0 Å². The molecule has 104 valence electrons. The van der Waals surface area contributed by atoms with E-state index in [1.807, 2.05) is 36.4 Å². The van der Waals surface area contributed by atoms with Crippen molar-refractivity contribution >= 4 is 11.6 Å². The lowest BCUT2D eigenvalue weighted by Gasteiger charge is -2.08. The van der Waals surface area contributed by atoms with Crippen molar-refractivity contribution in [1.29, 1.82) is 0 Å². The van der Waals surface area contributed by atoms with Crippen LogP contribution in [0, 0.1) is 13.8 Å². The normalized spacial score (nSPS) is 10.4. The third kappa shape index (κ3) is 3.08. The van der Waals surface area contributed by atoms with Gasteiger partial charge in [0, 0.05) is 17.4 Å². The maximum atomic E-state index is 4.59. The van der Waals surface area contributed by atoms with Crippen LogP contribution in [0.1, 0.15) is 11.1 Å². The van der Waals surface area contributed by atoms with Crippen LogP contribution in [0.3, 0.4) is 0 Å². The van der Waals surface area contributed by atoms with Crippen LogP contribution in [-0.4, -0.2) is 9.97 Å². The molecule has 1 heterocycles. The number of benzene rings is 2. The van der Waals surface area contributed by atoms with Gasteiger partial charge in [-0.1, -0.05) is 30.3 Å². The van der Waals surface area contributed by atoms with Crippen molar-refractivity contribution < 1.29 is 0 Å². The average molecular weight is 275 g/mol. The number of hydrogen-bond donors (Lipinski definition) is 1. The Bertz CT molecular complexity index is 751. The number of nitrogens with one attached hydrogen (secondary N) is 1. The summed E-state index contributed by atoms with van der Waals surface area (Å²) in [4.78, 5) is 8.86. The van der Waals surface area contributed by atoms with Gasteiger partial charge in [0.1, 0.15) is 0 Å². The van der Waals surface area contributed by atoms with Gasteiger partial charge in [0.2, 0.25) is 5.95 Å². The molecule has 2 aromatic carbocycles. The maximum absolute atomic E-state index is 4.59. The molecule has 3 aromatic rings. The molecule has 3 heteroatoms. The van der Waals surface area contributed by atoms with Crippen LogP contribution in [0.5, 0.6) is 0 Å². The third-order valence-electron chi connectivity index (χ3n) is 3.49. The summed E-state index contributed by atoms with van der Waals surface area (Å²) in [5.41, 5.74) is 5.57. The van der Waals surface area contributed by atoms with Crippen LogP contribution < -0.4 is 5.32 Å². The van der Waals surface area contributed by atoms with Crippen molar-refractivity contribution in [2.45, 2.75) is 13.8 Å². The van der Waals surface area contributed by atoms with E-state index in [9.17, 15) is 0 Å². The Kier molecular flexibility index (Phi) is 3.65. The fourth-order valence-electron chi connectivity index (χ4n) is 2.13. The Hall–Kier alpha value is -2.68. The summed E-state index contributed by atoms with van der Waals surface area (Å²) in [5.74, 6) is 0.608. The summed E-state index contributed by atoms with van der Waals surface area (Å²) in [6.45, 7) is 4.23. The average Bonchev–Trinajstić information content (AvgIpc) is 2.51. The molecule has 3 rings (SSSR count). The molecule has 0 atom stereocenters. The highest BCUT2D eigenvalue weighted by Crippen LogP contribution is 2.21. The molecule has 0 amide bonds. The van der Waals surface area contributed by atoms with Crippen molar-refractivity contribution in [3.05, 3.63) is 71.9 Å². The highest BCUT2D eigenvalue weighted by atomic mass is 15.1. The fraction of sp³-hybridized carbons (Fsp3) is 0.111. The zero-order valence-electron chi connectivity index (χ0n) is 12.2. The van der Waals surface area contributed by atoms with Crippen LogP contribution in [-0.2, 0) is 0 Å². The highest BCUT2D eigenvalue weighted by Gasteiger charge is 2.04. The lowest BCUT2D eigenvalue weighted by Crippen LogP contribution is -1.97. The van der Waals surface area contributed by atoms with Crippen LogP contribution in [0.2, 0.25) is 0 Å². The van der Waals surface area contributed by atoms with Gasteiger partial charge in [-0.25, -0.2) is 9.97 Å². The first-order valence-corrected chi connectivity index (χ1v) is 6.95. The Morgan fingerprint density at radius 1 is 0.857 bits per heavy atom. The standard InChI is InChI=1S/C18H17N3/c1-13-8-9-15(12-14(13)2)17-10-11-19-18(21-17)20-16-6-4-3-5-7-16/h3-12H,1-2H3,(H,19,20,21). The molecule has 21 heavy (non-hydrogen) atoms. The number of rotatable bonds is 3. The Morgan fingerprint density at radius 3 is 2.43 bits per heavy atom. The number of anilines is 2. The summed E-state index contributed by atoms with van der Waals surface area (Å²) in [7, 11) is 0. The molecule has 0 bridgehead atoms. The van der Waals surface area contributed by atoms with Gasteiger partial charge in [-0.05, 0) is 49.2 Å². The summed E-state index contributed by atoms with van der Waals surface area (Å²) >= 11 is 0. The second-order valence-electron chi connectivity index (χ2n) is 5.06. The summed E-state index contributed by atoms with van der Waals surface area (Å²) in [6.07, 6.45) is 1.78. The van der Waals surface area contributed by atoms with Crippen LogP contribution in [0.25, 0.3) is 11.3 Å². The smallest absolute Gasteiger partial charge is 0.227 e. The summed E-state index contributed by atoms with van der Waals surface area (Å²) in [5, 5.41) is 3.22. The molecule has 0 unspecified atom stereocenters. The number of aromatic nitrogens is 2. The minimum absolute atomic E-state index is 0.608. The van der Waals surface area contributed by atoms with Gasteiger partial charge in [0.05, 0.1) is 5.69 Å². The van der Waals surface area contributed by atoms with Crippen molar-refractivity contribution in [1.82, 2.24) is 9.97 Å². The molecule has 0 saturated heterocycles. The Labute approximate surface area is 124 Å². The topological polar surface area (TPSA) is 37.8 Å². The van der Waals surface area contributed by atoms with Gasteiger partial charge in [-0.2, -0.15) is 0 Å². The van der Waals surface area contributed by atoms with Gasteiger partial charge in [-0.15, -0.1) is 0 Å². The molecule has 0 aliphatic rings. The molecule has 1 aromatic heterocycles. The van der Waals surface area contributed by atoms with Gasteiger partial charge in [0.15, 0.2) is 0 Å². The molecule has 3 nitrogen and oxygen atoms in total. The van der Waals surface area contributed by atoms with Gasteiger partial charge in [0.25, 0.3) is 0 Å². The van der Waals surface area contributed by atoms with E-state index >= 15 is 0 Å². The fourth-order valence-corrected chi connectivity index (χ4v) is 2.13. The first kappa shape index (κ1) is 13.3. The second-order valence-corrected chi connectivity index (χ2v) is 5.06. The maximum Gasteiger partial charge on any atom is 0.227 e. The molecular formula is C18H17N3. The van der Waals surface area contributed by atoms with Crippen molar-refractivity contribution in [3.63, 3.8) is 0 Å². The van der Waals surface area contributed by atoms with E-state index in [1.165, 1.54) is 11.1 Å². The van der Waals surface area contributed by atoms with Crippen LogP contribution in [0.15, 0.2) is 60.8 Å². The first-order valence-electron chi connectivity index (χ1n) is 6.95. The monoisotopic (exact) mass is 275 g/mol. The predicted octanol–water partition coefficient (Wildman–Crippen LogP) is 4.50. The van der Waals surface area contributed by atoms with E-state index in [4.69, 9.17) is 0 Å². The van der Waals surface area contributed by atoms with E-state index < -0.39 is 0 Å².